The minimum atomic E-state index is -0.00991. The van der Waals surface area contributed by atoms with Gasteiger partial charge in [0.25, 0.3) is 0 Å². The molecule has 4 heteroatoms. The quantitative estimate of drug-likeness (QED) is 0.868. The largest absolute Gasteiger partial charge is 0.497 e. The van der Waals surface area contributed by atoms with E-state index < -0.39 is 0 Å². The summed E-state index contributed by atoms with van der Waals surface area (Å²) in [6.45, 7) is 4.22. The highest BCUT2D eigenvalue weighted by molar-refractivity contribution is 5.92. The molecule has 0 bridgehead atoms. The number of fused-ring (bicyclic) bond motifs is 1. The fourth-order valence-electron chi connectivity index (χ4n) is 1.99. The van der Waals surface area contributed by atoms with Crippen molar-refractivity contribution in [1.29, 1.82) is 0 Å². The van der Waals surface area contributed by atoms with Gasteiger partial charge >= 0.3 is 0 Å². The van der Waals surface area contributed by atoms with E-state index in [0.717, 1.165) is 22.3 Å². The second-order valence-electron chi connectivity index (χ2n) is 4.92. The molecule has 1 atom stereocenters. The van der Waals surface area contributed by atoms with E-state index in [9.17, 15) is 5.11 Å². The minimum absolute atomic E-state index is 0.00991. The van der Waals surface area contributed by atoms with E-state index in [4.69, 9.17) is 4.74 Å². The molecule has 0 saturated heterocycles. The fraction of sp³-hybridized carbons (Fsp3) is 0.400. The number of benzene rings is 1. The maximum Gasteiger partial charge on any atom is 0.134 e. The molecule has 0 spiro atoms. The number of pyridine rings is 1. The first-order valence-electron chi connectivity index (χ1n) is 6.46. The summed E-state index contributed by atoms with van der Waals surface area (Å²) in [4.78, 5) is 4.37. The molecule has 0 aliphatic rings. The van der Waals surface area contributed by atoms with Gasteiger partial charge in [0.2, 0.25) is 0 Å². The summed E-state index contributed by atoms with van der Waals surface area (Å²) >= 11 is 0. The first-order chi connectivity index (χ1) is 9.15. The Morgan fingerprint density at radius 1 is 1.32 bits per heavy atom. The van der Waals surface area contributed by atoms with Crippen molar-refractivity contribution in [2.24, 2.45) is 5.92 Å². The zero-order chi connectivity index (χ0) is 13.8. The molecule has 2 N–H and O–H groups in total. The number of aliphatic hydroxyl groups is 1. The van der Waals surface area contributed by atoms with Crippen LogP contribution in [0.2, 0.25) is 0 Å². The molecule has 1 aromatic carbocycles. The molecular weight excluding hydrogens is 240 g/mol. The summed E-state index contributed by atoms with van der Waals surface area (Å²) in [6.07, 6.45) is 1.77. The highest BCUT2D eigenvalue weighted by Crippen LogP contribution is 2.26. The number of rotatable bonds is 5. The SMILES string of the molecule is COc1ccc2ccnc(NC(CO)C(C)C)c2c1. The highest BCUT2D eigenvalue weighted by Gasteiger charge is 2.14. The Morgan fingerprint density at radius 2 is 2.11 bits per heavy atom. The monoisotopic (exact) mass is 260 g/mol. The van der Waals surface area contributed by atoms with Gasteiger partial charge in [0.15, 0.2) is 0 Å². The van der Waals surface area contributed by atoms with Crippen molar-refractivity contribution in [3.05, 3.63) is 30.5 Å². The molecular formula is C15H20N2O2. The number of hydrogen-bond acceptors (Lipinski definition) is 4. The highest BCUT2D eigenvalue weighted by atomic mass is 16.5. The average molecular weight is 260 g/mol. The van der Waals surface area contributed by atoms with Crippen LogP contribution in [-0.2, 0) is 0 Å². The lowest BCUT2D eigenvalue weighted by atomic mass is 10.0. The van der Waals surface area contributed by atoms with E-state index in [1.54, 1.807) is 13.3 Å². The van der Waals surface area contributed by atoms with Gasteiger partial charge in [-0.3, -0.25) is 0 Å². The molecule has 1 heterocycles. The molecule has 0 saturated carbocycles. The van der Waals surface area contributed by atoms with Crippen LogP contribution < -0.4 is 10.1 Å². The van der Waals surface area contributed by atoms with Gasteiger partial charge in [-0.25, -0.2) is 4.98 Å². The lowest BCUT2D eigenvalue weighted by Gasteiger charge is -2.21. The van der Waals surface area contributed by atoms with Gasteiger partial charge in [-0.2, -0.15) is 0 Å². The number of anilines is 1. The topological polar surface area (TPSA) is 54.4 Å². The van der Waals surface area contributed by atoms with E-state index in [-0.39, 0.29) is 12.6 Å². The first kappa shape index (κ1) is 13.6. The molecule has 2 aromatic rings. The number of aromatic nitrogens is 1. The standard InChI is InChI=1S/C15H20N2O2/c1-10(2)14(9-18)17-15-13-8-12(19-3)5-4-11(13)6-7-16-15/h4-8,10,14,18H,9H2,1-3H3,(H,16,17). The third-order valence-corrected chi connectivity index (χ3v) is 3.30. The van der Waals surface area contributed by atoms with Crippen LogP contribution in [0.25, 0.3) is 10.8 Å². The number of ether oxygens (including phenoxy) is 1. The Hall–Kier alpha value is -1.81. The maximum absolute atomic E-state index is 9.42. The lowest BCUT2D eigenvalue weighted by Crippen LogP contribution is -2.29. The fourth-order valence-corrected chi connectivity index (χ4v) is 1.99. The smallest absolute Gasteiger partial charge is 0.134 e. The summed E-state index contributed by atoms with van der Waals surface area (Å²) in [5.41, 5.74) is 0. The molecule has 0 fully saturated rings. The van der Waals surface area contributed by atoms with Gasteiger partial charge in [0.05, 0.1) is 19.8 Å². The molecule has 2 rings (SSSR count). The van der Waals surface area contributed by atoms with E-state index >= 15 is 0 Å². The van der Waals surface area contributed by atoms with E-state index in [0.29, 0.717) is 5.92 Å². The Morgan fingerprint density at radius 3 is 2.74 bits per heavy atom. The minimum Gasteiger partial charge on any atom is -0.497 e. The molecule has 0 aliphatic carbocycles. The van der Waals surface area contributed by atoms with Crippen molar-refractivity contribution in [3.63, 3.8) is 0 Å². The van der Waals surface area contributed by atoms with Gasteiger partial charge in [0, 0.05) is 11.6 Å². The second kappa shape index (κ2) is 5.89. The van der Waals surface area contributed by atoms with Crippen LogP contribution in [0.4, 0.5) is 5.82 Å². The van der Waals surface area contributed by atoms with Crippen molar-refractivity contribution in [2.75, 3.05) is 19.0 Å². The number of aliphatic hydroxyl groups excluding tert-OH is 1. The molecule has 4 nitrogen and oxygen atoms in total. The van der Waals surface area contributed by atoms with Gasteiger partial charge in [-0.1, -0.05) is 19.9 Å². The molecule has 102 valence electrons. The van der Waals surface area contributed by atoms with Crippen LogP contribution in [0.15, 0.2) is 30.5 Å². The van der Waals surface area contributed by atoms with Crippen LogP contribution in [-0.4, -0.2) is 29.8 Å². The van der Waals surface area contributed by atoms with Crippen LogP contribution >= 0.6 is 0 Å². The number of methoxy groups -OCH3 is 1. The van der Waals surface area contributed by atoms with Gasteiger partial charge < -0.3 is 15.2 Å². The van der Waals surface area contributed by atoms with E-state index in [1.807, 2.05) is 24.3 Å². The van der Waals surface area contributed by atoms with Crippen LogP contribution in [0.1, 0.15) is 13.8 Å². The Labute approximate surface area is 113 Å². The third-order valence-electron chi connectivity index (χ3n) is 3.30. The maximum atomic E-state index is 9.42. The summed E-state index contributed by atoms with van der Waals surface area (Å²) in [6, 6.07) is 7.84. The first-order valence-corrected chi connectivity index (χ1v) is 6.46. The zero-order valence-electron chi connectivity index (χ0n) is 11.6. The Bertz CT molecular complexity index is 555. The van der Waals surface area contributed by atoms with Crippen molar-refractivity contribution >= 4 is 16.6 Å². The predicted molar refractivity (Wildman–Crippen MR) is 77.6 cm³/mol. The van der Waals surface area contributed by atoms with E-state index in [2.05, 4.69) is 24.1 Å². The molecule has 0 radical (unpaired) electrons. The normalized spacial score (nSPS) is 12.7. The van der Waals surface area contributed by atoms with Crippen molar-refractivity contribution in [3.8, 4) is 5.75 Å². The molecule has 1 aromatic heterocycles. The molecule has 0 aliphatic heterocycles. The molecule has 1 unspecified atom stereocenters. The predicted octanol–water partition coefficient (Wildman–Crippen LogP) is 2.67. The number of hydrogen-bond donors (Lipinski definition) is 2. The Kier molecular flexibility index (Phi) is 4.22. The van der Waals surface area contributed by atoms with Crippen molar-refractivity contribution < 1.29 is 9.84 Å². The summed E-state index contributed by atoms with van der Waals surface area (Å²) in [7, 11) is 1.65. The van der Waals surface area contributed by atoms with E-state index in [1.165, 1.54) is 0 Å². The van der Waals surface area contributed by atoms with Gasteiger partial charge in [0.1, 0.15) is 11.6 Å². The summed E-state index contributed by atoms with van der Waals surface area (Å²) in [5.74, 6) is 1.91. The van der Waals surface area contributed by atoms with Crippen LogP contribution in [0, 0.1) is 5.92 Å². The lowest BCUT2D eigenvalue weighted by molar-refractivity contribution is 0.249. The molecule has 0 amide bonds. The second-order valence-corrected chi connectivity index (χ2v) is 4.92. The third kappa shape index (κ3) is 2.96. The number of nitrogens with one attached hydrogen (secondary N) is 1. The number of nitrogens with zero attached hydrogens (tertiary/aromatic N) is 1. The van der Waals surface area contributed by atoms with Crippen LogP contribution in [0.5, 0.6) is 5.75 Å². The Balaban J connectivity index is 2.41. The van der Waals surface area contributed by atoms with Crippen molar-refractivity contribution in [1.82, 2.24) is 4.98 Å². The van der Waals surface area contributed by atoms with Crippen LogP contribution in [0.3, 0.4) is 0 Å². The van der Waals surface area contributed by atoms with Crippen molar-refractivity contribution in [2.45, 2.75) is 19.9 Å². The zero-order valence-corrected chi connectivity index (χ0v) is 11.6. The average Bonchev–Trinajstić information content (AvgIpc) is 2.43. The van der Waals surface area contributed by atoms with Gasteiger partial charge in [-0.05, 0) is 29.5 Å². The summed E-state index contributed by atoms with van der Waals surface area (Å²) in [5, 5.41) is 14.8. The van der Waals surface area contributed by atoms with Gasteiger partial charge in [-0.15, -0.1) is 0 Å². The summed E-state index contributed by atoms with van der Waals surface area (Å²) < 4.78 is 5.25. The molecule has 19 heavy (non-hydrogen) atoms.